The minimum atomic E-state index is -4.48. The van der Waals surface area contributed by atoms with Gasteiger partial charge in [0, 0.05) is 42.3 Å². The van der Waals surface area contributed by atoms with Crippen molar-refractivity contribution in [2.45, 2.75) is 12.6 Å². The molecule has 0 bridgehead atoms. The average Bonchev–Trinajstić information content (AvgIpc) is 3.20. The number of nitrogens with one attached hydrogen (secondary N) is 2. The third-order valence-corrected chi connectivity index (χ3v) is 5.46. The van der Waals surface area contributed by atoms with Crippen molar-refractivity contribution in [2.24, 2.45) is 0 Å². The molecule has 1 aliphatic heterocycles. The van der Waals surface area contributed by atoms with E-state index in [4.69, 9.17) is 0 Å². The van der Waals surface area contributed by atoms with Gasteiger partial charge in [-0.15, -0.1) is 12.4 Å². The fraction of sp³-hybridized carbons (Fsp3) is 0.217. The minimum Gasteiger partial charge on any atom is -0.356 e. The SMILES string of the molecule is Cl.O=C(NCC(F)(F)F)Nc1cccc(-c2cnc3cc(-c4nccc(N5CCC5)n4)ccn23)c1. The topological polar surface area (TPSA) is 87.4 Å². The summed E-state index contributed by atoms with van der Waals surface area (Å²) in [5.41, 5.74) is 3.39. The van der Waals surface area contributed by atoms with E-state index in [2.05, 4.69) is 25.2 Å². The molecule has 0 radical (unpaired) electrons. The number of hydrogen-bond acceptors (Lipinski definition) is 5. The van der Waals surface area contributed by atoms with Gasteiger partial charge in [0.25, 0.3) is 0 Å². The average molecular weight is 504 g/mol. The summed E-state index contributed by atoms with van der Waals surface area (Å²) in [6.07, 6.45) is 2.00. The Morgan fingerprint density at radius 1 is 1.06 bits per heavy atom. The first-order valence-corrected chi connectivity index (χ1v) is 10.6. The lowest BCUT2D eigenvalue weighted by Crippen LogP contribution is -2.37. The van der Waals surface area contributed by atoms with Crippen LogP contribution in [0.2, 0.25) is 0 Å². The number of halogens is 4. The van der Waals surface area contributed by atoms with Crippen LogP contribution in [0.5, 0.6) is 0 Å². The molecule has 182 valence electrons. The standard InChI is InChI=1S/C23H20F3N7O.ClH/c24-23(25,26)14-29-22(34)30-17-4-1-3-15(11-17)18-13-28-20-12-16(6-10-33(18)20)21-27-7-5-19(31-21)32-8-2-9-32;/h1,3-7,10-13H,2,8-9,14H2,(H2,29,30,34);1H. The van der Waals surface area contributed by atoms with Crippen LogP contribution in [-0.2, 0) is 0 Å². The summed E-state index contributed by atoms with van der Waals surface area (Å²) < 4.78 is 38.8. The van der Waals surface area contributed by atoms with Crippen LogP contribution in [0.1, 0.15) is 6.42 Å². The van der Waals surface area contributed by atoms with E-state index in [1.165, 1.54) is 0 Å². The zero-order valence-electron chi connectivity index (χ0n) is 18.3. The highest BCUT2D eigenvalue weighted by molar-refractivity contribution is 5.90. The Kier molecular flexibility index (Phi) is 6.79. The molecular weight excluding hydrogens is 483 g/mol. The number of aromatic nitrogens is 4. The summed E-state index contributed by atoms with van der Waals surface area (Å²) >= 11 is 0. The summed E-state index contributed by atoms with van der Waals surface area (Å²) in [6, 6.07) is 11.6. The number of alkyl halides is 3. The van der Waals surface area contributed by atoms with E-state index in [9.17, 15) is 18.0 Å². The Balaban J connectivity index is 0.00000289. The quantitative estimate of drug-likeness (QED) is 0.409. The third kappa shape index (κ3) is 5.46. The number of fused-ring (bicyclic) bond motifs is 1. The maximum Gasteiger partial charge on any atom is 0.405 e. The fourth-order valence-electron chi connectivity index (χ4n) is 3.66. The Morgan fingerprint density at radius 2 is 1.89 bits per heavy atom. The summed E-state index contributed by atoms with van der Waals surface area (Å²) in [5.74, 6) is 1.52. The Morgan fingerprint density at radius 3 is 2.63 bits per heavy atom. The number of pyridine rings is 1. The van der Waals surface area contributed by atoms with Crippen molar-refractivity contribution >= 4 is 35.6 Å². The van der Waals surface area contributed by atoms with Crippen LogP contribution in [0, 0.1) is 0 Å². The van der Waals surface area contributed by atoms with E-state index in [0.29, 0.717) is 17.2 Å². The number of amides is 2. The highest BCUT2D eigenvalue weighted by atomic mass is 35.5. The molecule has 1 aliphatic rings. The maximum atomic E-state index is 12.3. The molecule has 0 unspecified atom stereocenters. The Labute approximate surface area is 204 Å². The molecule has 5 rings (SSSR count). The number of benzene rings is 1. The fourth-order valence-corrected chi connectivity index (χ4v) is 3.66. The molecule has 2 amide bonds. The first kappa shape index (κ1) is 24.3. The van der Waals surface area contributed by atoms with Crippen LogP contribution in [0.3, 0.4) is 0 Å². The Hall–Kier alpha value is -3.86. The summed E-state index contributed by atoms with van der Waals surface area (Å²) in [5, 5.41) is 4.21. The highest BCUT2D eigenvalue weighted by Crippen LogP contribution is 2.27. The van der Waals surface area contributed by atoms with Gasteiger partial charge in [0.15, 0.2) is 5.82 Å². The third-order valence-electron chi connectivity index (χ3n) is 5.46. The van der Waals surface area contributed by atoms with Crippen LogP contribution in [-0.4, -0.2) is 51.2 Å². The normalized spacial score (nSPS) is 13.2. The molecule has 0 atom stereocenters. The number of nitrogens with zero attached hydrogens (tertiary/aromatic N) is 5. The van der Waals surface area contributed by atoms with Crippen molar-refractivity contribution in [2.75, 3.05) is 29.9 Å². The lowest BCUT2D eigenvalue weighted by atomic mass is 10.1. The number of carbonyl (C=O) groups is 1. The zero-order chi connectivity index (χ0) is 23.7. The highest BCUT2D eigenvalue weighted by Gasteiger charge is 2.27. The van der Waals surface area contributed by atoms with Gasteiger partial charge in [-0.3, -0.25) is 4.40 Å². The molecule has 12 heteroatoms. The second kappa shape index (κ2) is 9.79. The van der Waals surface area contributed by atoms with Crippen molar-refractivity contribution in [1.82, 2.24) is 24.7 Å². The largest absolute Gasteiger partial charge is 0.405 e. The molecule has 1 fully saturated rings. The van der Waals surface area contributed by atoms with Crippen LogP contribution >= 0.6 is 12.4 Å². The molecule has 1 aromatic carbocycles. The van der Waals surface area contributed by atoms with E-state index in [1.807, 2.05) is 34.9 Å². The molecule has 0 spiro atoms. The van der Waals surface area contributed by atoms with Crippen molar-refractivity contribution in [3.8, 4) is 22.6 Å². The van der Waals surface area contributed by atoms with Gasteiger partial charge in [-0.2, -0.15) is 13.2 Å². The van der Waals surface area contributed by atoms with Crippen molar-refractivity contribution < 1.29 is 18.0 Å². The lowest BCUT2D eigenvalue weighted by Gasteiger charge is -2.31. The van der Waals surface area contributed by atoms with Gasteiger partial charge in [0.2, 0.25) is 0 Å². The summed E-state index contributed by atoms with van der Waals surface area (Å²) in [7, 11) is 0. The molecule has 4 heterocycles. The van der Waals surface area contributed by atoms with E-state index in [0.717, 1.165) is 42.1 Å². The lowest BCUT2D eigenvalue weighted by molar-refractivity contribution is -0.122. The molecule has 0 aliphatic carbocycles. The number of rotatable bonds is 5. The van der Waals surface area contributed by atoms with Gasteiger partial charge >= 0.3 is 12.2 Å². The van der Waals surface area contributed by atoms with Gasteiger partial charge in [0.05, 0.1) is 11.9 Å². The molecule has 4 aromatic rings. The maximum absolute atomic E-state index is 12.3. The predicted octanol–water partition coefficient (Wildman–Crippen LogP) is 4.77. The molecule has 8 nitrogen and oxygen atoms in total. The number of hydrogen-bond donors (Lipinski definition) is 2. The first-order valence-electron chi connectivity index (χ1n) is 10.6. The van der Waals surface area contributed by atoms with E-state index in [-0.39, 0.29) is 12.4 Å². The van der Waals surface area contributed by atoms with Crippen molar-refractivity contribution in [3.05, 3.63) is 61.1 Å². The molecule has 3 aromatic heterocycles. The molecule has 1 saturated heterocycles. The number of urea groups is 1. The smallest absolute Gasteiger partial charge is 0.356 e. The first-order chi connectivity index (χ1) is 16.4. The molecule has 2 N–H and O–H groups in total. The molecule has 35 heavy (non-hydrogen) atoms. The van der Waals surface area contributed by atoms with Crippen LogP contribution in [0.25, 0.3) is 28.3 Å². The second-order valence-electron chi connectivity index (χ2n) is 7.87. The van der Waals surface area contributed by atoms with Crippen LogP contribution in [0.4, 0.5) is 29.5 Å². The van der Waals surface area contributed by atoms with Gasteiger partial charge < -0.3 is 15.5 Å². The van der Waals surface area contributed by atoms with E-state index in [1.54, 1.807) is 35.9 Å². The summed E-state index contributed by atoms with van der Waals surface area (Å²) in [6.45, 7) is 0.590. The minimum absolute atomic E-state index is 0. The second-order valence-corrected chi connectivity index (χ2v) is 7.87. The van der Waals surface area contributed by atoms with Crippen molar-refractivity contribution in [3.63, 3.8) is 0 Å². The molecular formula is C23H21ClF3N7O. The predicted molar refractivity (Wildman–Crippen MR) is 129 cm³/mol. The van der Waals surface area contributed by atoms with Crippen LogP contribution in [0.15, 0.2) is 61.1 Å². The number of carbonyl (C=O) groups excluding carboxylic acids is 1. The Bertz CT molecular complexity index is 1350. The zero-order valence-corrected chi connectivity index (χ0v) is 19.1. The van der Waals surface area contributed by atoms with Crippen LogP contribution < -0.4 is 15.5 Å². The molecule has 0 saturated carbocycles. The number of anilines is 2. The van der Waals surface area contributed by atoms with Gasteiger partial charge in [-0.25, -0.2) is 19.7 Å². The van der Waals surface area contributed by atoms with Gasteiger partial charge in [0.1, 0.15) is 18.0 Å². The van der Waals surface area contributed by atoms with E-state index < -0.39 is 18.8 Å². The van der Waals surface area contributed by atoms with Gasteiger partial charge in [-0.1, -0.05) is 12.1 Å². The number of imidazole rings is 1. The van der Waals surface area contributed by atoms with E-state index >= 15 is 0 Å². The van der Waals surface area contributed by atoms with Gasteiger partial charge in [-0.05, 0) is 36.8 Å². The summed E-state index contributed by atoms with van der Waals surface area (Å²) in [4.78, 5) is 27.5. The monoisotopic (exact) mass is 503 g/mol. The van der Waals surface area contributed by atoms with Crippen molar-refractivity contribution in [1.29, 1.82) is 0 Å².